The van der Waals surface area contributed by atoms with Gasteiger partial charge < -0.3 is 10.1 Å². The van der Waals surface area contributed by atoms with Crippen molar-refractivity contribution in [2.75, 3.05) is 17.7 Å². The summed E-state index contributed by atoms with van der Waals surface area (Å²) in [5, 5.41) is 10.2. The second-order valence-electron chi connectivity index (χ2n) is 8.01. The molecule has 1 aromatic carbocycles. The third-order valence-corrected chi connectivity index (χ3v) is 6.08. The molecule has 0 unspecified atom stereocenters. The minimum atomic E-state index is -0.268. The summed E-state index contributed by atoms with van der Waals surface area (Å²) in [6, 6.07) is 6.17. The van der Waals surface area contributed by atoms with Crippen LogP contribution in [0.4, 0.5) is 5.69 Å². The average molecular weight is 419 g/mol. The Balaban J connectivity index is 1.69. The Hall–Kier alpha value is -2.06. The number of amides is 1. The molecule has 1 fully saturated rings. The predicted molar refractivity (Wildman–Crippen MR) is 116 cm³/mol. The molecule has 1 amide bonds. The van der Waals surface area contributed by atoms with Crippen LogP contribution in [0.15, 0.2) is 28.2 Å². The lowest BCUT2D eigenvalue weighted by molar-refractivity contribution is -0.113. The first-order chi connectivity index (χ1) is 13.9. The summed E-state index contributed by atoms with van der Waals surface area (Å²) in [5.41, 5.74) is 2.90. The fourth-order valence-electron chi connectivity index (χ4n) is 3.57. The van der Waals surface area contributed by atoms with Crippen LogP contribution in [0, 0.1) is 0 Å². The number of aromatic amines is 1. The summed E-state index contributed by atoms with van der Waals surface area (Å²) in [4.78, 5) is 24.8. The van der Waals surface area contributed by atoms with Gasteiger partial charge in [-0.05, 0) is 35.8 Å². The molecule has 0 radical (unpaired) electrons. The van der Waals surface area contributed by atoms with Crippen molar-refractivity contribution < 1.29 is 9.53 Å². The van der Waals surface area contributed by atoms with Gasteiger partial charge in [-0.15, -0.1) is 5.10 Å². The topological polar surface area (TPSA) is 89.0 Å². The Morgan fingerprint density at radius 2 is 2.00 bits per heavy atom. The summed E-state index contributed by atoms with van der Waals surface area (Å²) in [5.74, 6) is 0.683. The number of para-hydroxylation sites is 1. The van der Waals surface area contributed by atoms with Gasteiger partial charge >= 0.3 is 5.69 Å². The number of nitrogens with one attached hydrogen (secondary N) is 2. The van der Waals surface area contributed by atoms with Gasteiger partial charge in [0.15, 0.2) is 5.16 Å². The van der Waals surface area contributed by atoms with Gasteiger partial charge in [0.1, 0.15) is 0 Å². The van der Waals surface area contributed by atoms with E-state index in [1.807, 2.05) is 6.07 Å². The molecule has 29 heavy (non-hydrogen) atoms. The number of anilines is 1. The van der Waals surface area contributed by atoms with E-state index in [9.17, 15) is 9.59 Å². The maximum Gasteiger partial charge on any atom is 0.344 e. The Kier molecular flexibility index (Phi) is 7.18. The number of carbonyl (C=O) groups excluding carboxylic acids is 1. The van der Waals surface area contributed by atoms with E-state index in [1.54, 1.807) is 4.57 Å². The van der Waals surface area contributed by atoms with Crippen molar-refractivity contribution in [2.45, 2.75) is 70.2 Å². The SMILES string of the molecule is CC(C)c1cccc(C(C)C)c1NC(=O)CSc1n[nH]c(=O)n1C[C@H]1CCCO1. The smallest absolute Gasteiger partial charge is 0.344 e. The standard InChI is InChI=1S/C21H30N4O3S/c1-13(2)16-8-5-9-17(14(3)4)19(16)22-18(26)12-29-21-24-23-20(27)25(21)11-15-7-6-10-28-15/h5,8-9,13-15H,6-7,10-12H2,1-4H3,(H,22,26)(H,23,27)/t15-/m1/s1. The number of thioether (sulfide) groups is 1. The number of hydrogen-bond donors (Lipinski definition) is 2. The van der Waals surface area contributed by atoms with E-state index in [2.05, 4.69) is 55.3 Å². The molecular formula is C21H30N4O3S. The minimum Gasteiger partial charge on any atom is -0.376 e. The van der Waals surface area contributed by atoms with Gasteiger partial charge in [-0.2, -0.15) is 0 Å². The molecule has 0 spiro atoms. The molecule has 2 aromatic rings. The first-order valence-corrected chi connectivity index (χ1v) is 11.2. The number of carbonyl (C=O) groups is 1. The number of hydrogen-bond acceptors (Lipinski definition) is 5. The second-order valence-corrected chi connectivity index (χ2v) is 8.96. The molecule has 2 heterocycles. The summed E-state index contributed by atoms with van der Waals surface area (Å²) in [6.07, 6.45) is 1.98. The number of aromatic nitrogens is 3. The predicted octanol–water partition coefficient (Wildman–Crippen LogP) is 3.73. The molecule has 2 N–H and O–H groups in total. The van der Waals surface area contributed by atoms with E-state index in [4.69, 9.17) is 4.74 Å². The highest BCUT2D eigenvalue weighted by atomic mass is 32.2. The number of ether oxygens (including phenoxy) is 1. The Morgan fingerprint density at radius 3 is 2.59 bits per heavy atom. The lowest BCUT2D eigenvalue weighted by Crippen LogP contribution is -2.25. The van der Waals surface area contributed by atoms with E-state index in [0.29, 0.717) is 23.5 Å². The lowest BCUT2D eigenvalue weighted by atomic mass is 9.92. The van der Waals surface area contributed by atoms with Gasteiger partial charge in [0.2, 0.25) is 5.91 Å². The van der Waals surface area contributed by atoms with Crippen LogP contribution in [-0.2, 0) is 16.1 Å². The molecule has 1 saturated heterocycles. The Bertz CT molecular complexity index is 871. The third-order valence-electron chi connectivity index (χ3n) is 5.10. The van der Waals surface area contributed by atoms with E-state index in [1.165, 1.54) is 11.8 Å². The first kappa shape index (κ1) is 21.6. The van der Waals surface area contributed by atoms with E-state index < -0.39 is 0 Å². The Labute approximate surface area is 175 Å². The quantitative estimate of drug-likeness (QED) is 0.638. The van der Waals surface area contributed by atoms with Crippen LogP contribution in [-0.4, -0.2) is 39.1 Å². The summed E-state index contributed by atoms with van der Waals surface area (Å²) in [6.45, 7) is 9.69. The van der Waals surface area contributed by atoms with Gasteiger partial charge in [-0.3, -0.25) is 9.36 Å². The average Bonchev–Trinajstić information content (AvgIpc) is 3.31. The van der Waals surface area contributed by atoms with Gasteiger partial charge in [0.05, 0.1) is 18.4 Å². The zero-order chi connectivity index (χ0) is 21.0. The van der Waals surface area contributed by atoms with E-state index in [-0.39, 0.29) is 23.5 Å². The van der Waals surface area contributed by atoms with E-state index in [0.717, 1.165) is 36.3 Å². The highest BCUT2D eigenvalue weighted by molar-refractivity contribution is 7.99. The van der Waals surface area contributed by atoms with Crippen molar-refractivity contribution in [3.05, 3.63) is 39.8 Å². The molecule has 8 heteroatoms. The van der Waals surface area contributed by atoms with Gasteiger partial charge in [-0.1, -0.05) is 57.7 Å². The molecule has 7 nitrogen and oxygen atoms in total. The lowest BCUT2D eigenvalue weighted by Gasteiger charge is -2.20. The van der Waals surface area contributed by atoms with Crippen molar-refractivity contribution in [1.29, 1.82) is 0 Å². The molecule has 1 aromatic heterocycles. The van der Waals surface area contributed by atoms with Crippen LogP contribution < -0.4 is 11.0 Å². The zero-order valence-electron chi connectivity index (χ0n) is 17.5. The molecule has 1 aliphatic rings. The highest BCUT2D eigenvalue weighted by Crippen LogP contribution is 2.32. The molecular weight excluding hydrogens is 388 g/mol. The third kappa shape index (κ3) is 5.30. The van der Waals surface area contributed by atoms with Crippen LogP contribution in [0.5, 0.6) is 0 Å². The number of rotatable bonds is 8. The first-order valence-electron chi connectivity index (χ1n) is 10.2. The highest BCUT2D eigenvalue weighted by Gasteiger charge is 2.21. The Morgan fingerprint density at radius 1 is 1.31 bits per heavy atom. The summed E-state index contributed by atoms with van der Waals surface area (Å²) >= 11 is 1.26. The molecule has 0 bridgehead atoms. The van der Waals surface area contributed by atoms with Crippen molar-refractivity contribution in [3.63, 3.8) is 0 Å². The van der Waals surface area contributed by atoms with Gasteiger partial charge in [0.25, 0.3) is 0 Å². The normalized spacial score (nSPS) is 16.7. The minimum absolute atomic E-state index is 0.0324. The van der Waals surface area contributed by atoms with Crippen molar-refractivity contribution in [2.24, 2.45) is 0 Å². The second kappa shape index (κ2) is 9.63. The van der Waals surface area contributed by atoms with Crippen LogP contribution in [0.1, 0.15) is 63.5 Å². The number of H-pyrrole nitrogens is 1. The molecule has 158 valence electrons. The van der Waals surface area contributed by atoms with Crippen LogP contribution in [0.3, 0.4) is 0 Å². The van der Waals surface area contributed by atoms with Crippen molar-refractivity contribution in [1.82, 2.24) is 14.8 Å². The molecule has 1 atom stereocenters. The molecule has 0 aliphatic carbocycles. The van der Waals surface area contributed by atoms with Crippen molar-refractivity contribution >= 4 is 23.4 Å². The molecule has 3 rings (SSSR count). The van der Waals surface area contributed by atoms with Gasteiger partial charge in [0, 0.05) is 12.3 Å². The maximum atomic E-state index is 12.7. The molecule has 1 aliphatic heterocycles. The van der Waals surface area contributed by atoms with Crippen LogP contribution >= 0.6 is 11.8 Å². The van der Waals surface area contributed by atoms with E-state index >= 15 is 0 Å². The molecule has 0 saturated carbocycles. The fourth-order valence-corrected chi connectivity index (χ4v) is 4.32. The fraction of sp³-hybridized carbons (Fsp3) is 0.571. The monoisotopic (exact) mass is 418 g/mol. The van der Waals surface area contributed by atoms with Gasteiger partial charge in [-0.25, -0.2) is 9.89 Å². The largest absolute Gasteiger partial charge is 0.376 e. The maximum absolute atomic E-state index is 12.7. The van der Waals surface area contributed by atoms with Crippen molar-refractivity contribution in [3.8, 4) is 0 Å². The zero-order valence-corrected chi connectivity index (χ0v) is 18.3. The summed E-state index contributed by atoms with van der Waals surface area (Å²) < 4.78 is 7.19. The van der Waals surface area contributed by atoms with Crippen LogP contribution in [0.2, 0.25) is 0 Å². The van der Waals surface area contributed by atoms with Crippen LogP contribution in [0.25, 0.3) is 0 Å². The number of nitrogens with zero attached hydrogens (tertiary/aromatic N) is 2. The number of benzene rings is 1. The summed E-state index contributed by atoms with van der Waals surface area (Å²) in [7, 11) is 0.